The number of hydrogen-bond donors (Lipinski definition) is 2. The van der Waals surface area contributed by atoms with Crippen molar-refractivity contribution in [1.82, 2.24) is 5.32 Å². The Labute approximate surface area is 147 Å². The summed E-state index contributed by atoms with van der Waals surface area (Å²) < 4.78 is 5.46. The van der Waals surface area contributed by atoms with Gasteiger partial charge in [-0.25, -0.2) is 4.79 Å². The van der Waals surface area contributed by atoms with Gasteiger partial charge in [0.05, 0.1) is 0 Å². The summed E-state index contributed by atoms with van der Waals surface area (Å²) in [4.78, 5) is 11.9. The molecule has 1 fully saturated rings. The Morgan fingerprint density at radius 2 is 1.62 bits per heavy atom. The third-order valence-electron chi connectivity index (χ3n) is 4.82. The molecule has 0 heterocycles. The number of nitrogens with two attached hydrogens (primary N) is 1. The molecule has 0 unspecified atom stereocenters. The molecule has 1 saturated carbocycles. The summed E-state index contributed by atoms with van der Waals surface area (Å²) >= 11 is 0. The maximum atomic E-state index is 11.9. The van der Waals surface area contributed by atoms with Gasteiger partial charge in [-0.2, -0.15) is 0 Å². The lowest BCUT2D eigenvalue weighted by atomic mass is 9.98. The molecule has 0 radical (unpaired) electrons. The Bertz CT molecular complexity index is 713. The van der Waals surface area contributed by atoms with Crippen LogP contribution in [-0.4, -0.2) is 24.8 Å². The molecule has 3 N–H and O–H groups in total. The topological polar surface area (TPSA) is 64.3 Å². The first-order valence-corrected chi connectivity index (χ1v) is 8.04. The van der Waals surface area contributed by atoms with Crippen molar-refractivity contribution in [3.05, 3.63) is 59.7 Å². The number of carbonyl (C=O) groups excluding carboxylic acids is 1. The van der Waals surface area contributed by atoms with Gasteiger partial charge >= 0.3 is 6.09 Å². The van der Waals surface area contributed by atoms with E-state index in [0.29, 0.717) is 13.2 Å². The molecule has 0 spiro atoms. The number of rotatable bonds is 4. The van der Waals surface area contributed by atoms with E-state index in [1.807, 2.05) is 24.3 Å². The first-order valence-electron chi connectivity index (χ1n) is 8.04. The van der Waals surface area contributed by atoms with E-state index in [9.17, 15) is 4.79 Å². The summed E-state index contributed by atoms with van der Waals surface area (Å²) in [6.07, 6.45) is 1.55. The second-order valence-electron chi connectivity index (χ2n) is 6.54. The predicted molar refractivity (Wildman–Crippen MR) is 96.5 cm³/mol. The van der Waals surface area contributed by atoms with Crippen molar-refractivity contribution in [2.45, 2.75) is 24.3 Å². The van der Waals surface area contributed by atoms with Gasteiger partial charge in [0.2, 0.25) is 0 Å². The van der Waals surface area contributed by atoms with Crippen LogP contribution < -0.4 is 11.1 Å². The van der Waals surface area contributed by atoms with E-state index in [4.69, 9.17) is 10.5 Å². The lowest BCUT2D eigenvalue weighted by Gasteiger charge is -2.15. The first kappa shape index (κ1) is 16.8. The van der Waals surface area contributed by atoms with E-state index < -0.39 is 0 Å². The molecular formula is C19H21ClN2O2. The largest absolute Gasteiger partial charge is 0.449 e. The lowest BCUT2D eigenvalue weighted by molar-refractivity contribution is 0.142. The number of hydrogen-bond acceptors (Lipinski definition) is 3. The number of amides is 1. The minimum absolute atomic E-state index is 0. The predicted octanol–water partition coefficient (Wildman–Crippen LogP) is 3.44. The maximum absolute atomic E-state index is 11.9. The molecule has 0 atom stereocenters. The van der Waals surface area contributed by atoms with Crippen LogP contribution in [0.25, 0.3) is 11.1 Å². The third kappa shape index (κ3) is 3.12. The van der Waals surface area contributed by atoms with Gasteiger partial charge in [0.15, 0.2) is 0 Å². The second-order valence-corrected chi connectivity index (χ2v) is 6.54. The van der Waals surface area contributed by atoms with E-state index in [0.717, 1.165) is 12.8 Å². The van der Waals surface area contributed by atoms with Gasteiger partial charge in [-0.3, -0.25) is 0 Å². The van der Waals surface area contributed by atoms with Gasteiger partial charge in [0.1, 0.15) is 6.61 Å². The quantitative estimate of drug-likeness (QED) is 0.893. The fourth-order valence-electron chi connectivity index (χ4n) is 3.23. The second kappa shape index (κ2) is 6.46. The summed E-state index contributed by atoms with van der Waals surface area (Å²) in [7, 11) is 0. The average Bonchev–Trinajstić information content (AvgIpc) is 3.23. The Hall–Kier alpha value is -2.04. The van der Waals surface area contributed by atoms with E-state index in [-0.39, 0.29) is 30.0 Å². The van der Waals surface area contributed by atoms with Crippen LogP contribution >= 0.6 is 12.4 Å². The molecule has 0 aromatic heterocycles. The minimum Gasteiger partial charge on any atom is -0.449 e. The highest BCUT2D eigenvalue weighted by Gasteiger charge is 2.38. The van der Waals surface area contributed by atoms with Gasteiger partial charge < -0.3 is 15.8 Å². The number of fused-ring (bicyclic) bond motifs is 3. The van der Waals surface area contributed by atoms with Gasteiger partial charge in [0, 0.05) is 18.0 Å². The van der Waals surface area contributed by atoms with E-state index in [1.165, 1.54) is 22.3 Å². The highest BCUT2D eigenvalue weighted by atomic mass is 35.5. The van der Waals surface area contributed by atoms with Gasteiger partial charge in [-0.15, -0.1) is 12.4 Å². The van der Waals surface area contributed by atoms with Crippen LogP contribution in [0.1, 0.15) is 29.9 Å². The van der Waals surface area contributed by atoms with Crippen LogP contribution in [0.5, 0.6) is 0 Å². The molecule has 24 heavy (non-hydrogen) atoms. The molecule has 2 aliphatic carbocycles. The van der Waals surface area contributed by atoms with Gasteiger partial charge in [-0.05, 0) is 35.1 Å². The van der Waals surface area contributed by atoms with Crippen LogP contribution in [-0.2, 0) is 4.74 Å². The van der Waals surface area contributed by atoms with Crippen LogP contribution in [0.4, 0.5) is 4.79 Å². The molecule has 126 valence electrons. The number of carbonyl (C=O) groups is 1. The van der Waals surface area contributed by atoms with E-state index in [1.54, 1.807) is 0 Å². The summed E-state index contributed by atoms with van der Waals surface area (Å²) in [6, 6.07) is 16.6. The fourth-order valence-corrected chi connectivity index (χ4v) is 3.23. The van der Waals surface area contributed by atoms with Crippen LogP contribution in [0, 0.1) is 0 Å². The van der Waals surface area contributed by atoms with Gasteiger partial charge in [-0.1, -0.05) is 48.5 Å². The fraction of sp³-hybridized carbons (Fsp3) is 0.316. The standard InChI is InChI=1S/C19H20N2O2.ClH/c20-19(9-10-19)12-21-18(22)23-11-17-15-7-3-1-5-13(15)14-6-2-4-8-16(14)17;/h1-8,17H,9-12,20H2,(H,21,22);1H. The third-order valence-corrected chi connectivity index (χ3v) is 4.82. The zero-order chi connectivity index (χ0) is 15.9. The molecule has 0 aliphatic heterocycles. The van der Waals surface area contributed by atoms with Crippen LogP contribution in [0.3, 0.4) is 0 Å². The molecule has 4 nitrogen and oxygen atoms in total. The van der Waals surface area contributed by atoms with Crippen molar-refractivity contribution in [3.8, 4) is 11.1 Å². The number of ether oxygens (including phenoxy) is 1. The molecule has 0 bridgehead atoms. The van der Waals surface area contributed by atoms with Crippen molar-refractivity contribution >= 4 is 18.5 Å². The molecule has 2 aliphatic rings. The Balaban J connectivity index is 0.00000169. The first-order chi connectivity index (χ1) is 11.2. The monoisotopic (exact) mass is 344 g/mol. The summed E-state index contributed by atoms with van der Waals surface area (Å²) in [6.45, 7) is 0.834. The molecule has 2 aromatic rings. The molecular weight excluding hydrogens is 324 g/mol. The zero-order valence-electron chi connectivity index (χ0n) is 13.3. The number of halogens is 1. The summed E-state index contributed by atoms with van der Waals surface area (Å²) in [5, 5.41) is 2.77. The van der Waals surface area contributed by atoms with Crippen molar-refractivity contribution in [1.29, 1.82) is 0 Å². The number of benzene rings is 2. The Morgan fingerprint density at radius 3 is 2.17 bits per heavy atom. The molecule has 4 rings (SSSR count). The Morgan fingerprint density at radius 1 is 1.08 bits per heavy atom. The molecule has 1 amide bonds. The highest BCUT2D eigenvalue weighted by Crippen LogP contribution is 2.44. The highest BCUT2D eigenvalue weighted by molar-refractivity contribution is 5.85. The lowest BCUT2D eigenvalue weighted by Crippen LogP contribution is -2.39. The molecule has 2 aromatic carbocycles. The Kier molecular flexibility index (Phi) is 4.52. The van der Waals surface area contributed by atoms with E-state index in [2.05, 4.69) is 29.6 Å². The maximum Gasteiger partial charge on any atom is 0.407 e. The SMILES string of the molecule is Cl.NC1(CNC(=O)OCC2c3ccccc3-c3ccccc32)CC1. The van der Waals surface area contributed by atoms with Crippen molar-refractivity contribution < 1.29 is 9.53 Å². The molecule has 5 heteroatoms. The van der Waals surface area contributed by atoms with E-state index >= 15 is 0 Å². The van der Waals surface area contributed by atoms with Crippen LogP contribution in [0.15, 0.2) is 48.5 Å². The van der Waals surface area contributed by atoms with Gasteiger partial charge in [0.25, 0.3) is 0 Å². The van der Waals surface area contributed by atoms with Crippen molar-refractivity contribution in [3.63, 3.8) is 0 Å². The van der Waals surface area contributed by atoms with Crippen LogP contribution in [0.2, 0.25) is 0 Å². The van der Waals surface area contributed by atoms with Crippen molar-refractivity contribution in [2.75, 3.05) is 13.2 Å². The summed E-state index contributed by atoms with van der Waals surface area (Å²) in [5.74, 6) is 0.0981. The molecule has 0 saturated heterocycles. The minimum atomic E-state index is -0.386. The summed E-state index contributed by atoms with van der Waals surface area (Å²) in [5.41, 5.74) is 10.7. The van der Waals surface area contributed by atoms with Crippen molar-refractivity contribution in [2.24, 2.45) is 5.73 Å². The number of alkyl carbamates (subject to hydrolysis) is 1. The normalized spacial score (nSPS) is 16.5. The smallest absolute Gasteiger partial charge is 0.407 e. The average molecular weight is 345 g/mol. The number of nitrogens with one attached hydrogen (secondary N) is 1. The zero-order valence-corrected chi connectivity index (χ0v) is 14.1.